The second kappa shape index (κ2) is 10.8. The second-order valence-corrected chi connectivity index (χ2v) is 7.17. The predicted octanol–water partition coefficient (Wildman–Crippen LogP) is 3.24. The normalized spacial score (nSPS) is 17.4. The Morgan fingerprint density at radius 3 is 2.86 bits per heavy atom. The maximum Gasteiger partial charge on any atom is 0.194 e. The van der Waals surface area contributed by atoms with Crippen molar-refractivity contribution in [3.05, 3.63) is 52.8 Å². The van der Waals surface area contributed by atoms with Gasteiger partial charge in [0.15, 0.2) is 5.96 Å². The highest BCUT2D eigenvalue weighted by Crippen LogP contribution is 2.25. The van der Waals surface area contributed by atoms with Gasteiger partial charge < -0.3 is 15.0 Å². The quantitative estimate of drug-likeness (QED) is 0.392. The zero-order chi connectivity index (χ0) is 19.2. The van der Waals surface area contributed by atoms with Gasteiger partial charge in [0.1, 0.15) is 6.10 Å². The summed E-state index contributed by atoms with van der Waals surface area (Å²) in [5.41, 5.74) is 5.07. The Morgan fingerprint density at radius 1 is 1.36 bits per heavy atom. The van der Waals surface area contributed by atoms with Crippen molar-refractivity contribution in [3.63, 3.8) is 0 Å². The van der Waals surface area contributed by atoms with E-state index in [0.717, 1.165) is 38.6 Å². The molecule has 1 atom stereocenters. The molecule has 28 heavy (non-hydrogen) atoms. The molecule has 1 fully saturated rings. The summed E-state index contributed by atoms with van der Waals surface area (Å²) in [7, 11) is 1.94. The fourth-order valence-corrected chi connectivity index (χ4v) is 3.53. The van der Waals surface area contributed by atoms with Crippen molar-refractivity contribution in [1.82, 2.24) is 20.0 Å². The van der Waals surface area contributed by atoms with Gasteiger partial charge in [-0.05, 0) is 43.9 Å². The highest BCUT2D eigenvalue weighted by molar-refractivity contribution is 14.0. The number of morpholine rings is 1. The van der Waals surface area contributed by atoms with Gasteiger partial charge in [0.2, 0.25) is 0 Å². The summed E-state index contributed by atoms with van der Waals surface area (Å²) in [5, 5.41) is 7.66. The van der Waals surface area contributed by atoms with Gasteiger partial charge in [0.05, 0.1) is 19.3 Å². The maximum absolute atomic E-state index is 6.08. The van der Waals surface area contributed by atoms with Gasteiger partial charge in [-0.3, -0.25) is 9.67 Å². The average molecular weight is 497 g/mol. The van der Waals surface area contributed by atoms with E-state index in [1.807, 2.05) is 24.1 Å². The largest absolute Gasteiger partial charge is 0.370 e. The Hall–Kier alpha value is -1.61. The molecule has 1 unspecified atom stereocenters. The van der Waals surface area contributed by atoms with E-state index < -0.39 is 0 Å². The van der Waals surface area contributed by atoms with Crippen LogP contribution in [0, 0.1) is 13.8 Å². The molecular formula is C21H32IN5O. The van der Waals surface area contributed by atoms with E-state index in [2.05, 4.69) is 54.3 Å². The van der Waals surface area contributed by atoms with Crippen molar-refractivity contribution in [1.29, 1.82) is 0 Å². The Labute approximate surface area is 185 Å². The molecule has 0 bridgehead atoms. The molecule has 0 amide bonds. The smallest absolute Gasteiger partial charge is 0.194 e. The van der Waals surface area contributed by atoms with Crippen LogP contribution in [0.25, 0.3) is 0 Å². The van der Waals surface area contributed by atoms with E-state index in [1.54, 1.807) is 0 Å². The summed E-state index contributed by atoms with van der Waals surface area (Å²) in [4.78, 5) is 7.16. The van der Waals surface area contributed by atoms with Crippen LogP contribution in [0.1, 0.15) is 35.3 Å². The number of benzene rings is 1. The summed E-state index contributed by atoms with van der Waals surface area (Å²) in [6.45, 7) is 10.4. The van der Waals surface area contributed by atoms with Crippen molar-refractivity contribution in [2.45, 2.75) is 33.3 Å². The molecular weight excluding hydrogens is 465 g/mol. The van der Waals surface area contributed by atoms with Gasteiger partial charge in [-0.1, -0.05) is 23.8 Å². The molecule has 1 aliphatic heterocycles. The number of hydrogen-bond donors (Lipinski definition) is 1. The van der Waals surface area contributed by atoms with Crippen molar-refractivity contribution in [2.75, 3.05) is 32.8 Å². The van der Waals surface area contributed by atoms with Gasteiger partial charge >= 0.3 is 0 Å². The Bertz CT molecular complexity index is 789. The summed E-state index contributed by atoms with van der Waals surface area (Å²) in [6, 6.07) is 6.59. The topological polar surface area (TPSA) is 54.7 Å². The molecule has 0 saturated carbocycles. The second-order valence-electron chi connectivity index (χ2n) is 7.17. The molecule has 0 radical (unpaired) electrons. The summed E-state index contributed by atoms with van der Waals surface area (Å²) in [5.74, 6) is 0.972. The first kappa shape index (κ1) is 22.7. The highest BCUT2D eigenvalue weighted by atomic mass is 127. The minimum atomic E-state index is 0. The van der Waals surface area contributed by atoms with E-state index in [9.17, 15) is 0 Å². The Morgan fingerprint density at radius 2 is 2.18 bits per heavy atom. The van der Waals surface area contributed by atoms with Crippen LogP contribution in [-0.2, 0) is 18.2 Å². The lowest BCUT2D eigenvalue weighted by Gasteiger charge is -2.36. The third-order valence-electron chi connectivity index (χ3n) is 4.89. The molecule has 0 spiro atoms. The van der Waals surface area contributed by atoms with Crippen LogP contribution < -0.4 is 5.32 Å². The molecule has 2 heterocycles. The van der Waals surface area contributed by atoms with Crippen LogP contribution >= 0.6 is 24.0 Å². The maximum atomic E-state index is 6.08. The summed E-state index contributed by atoms with van der Waals surface area (Å²) >= 11 is 0. The summed E-state index contributed by atoms with van der Waals surface area (Å²) < 4.78 is 7.92. The molecule has 1 aliphatic rings. The monoisotopic (exact) mass is 497 g/mol. The minimum Gasteiger partial charge on any atom is -0.370 e. The van der Waals surface area contributed by atoms with Crippen LogP contribution in [0.15, 0.2) is 35.6 Å². The average Bonchev–Trinajstić information content (AvgIpc) is 3.06. The number of nitrogens with one attached hydrogen (secondary N) is 1. The number of ether oxygens (including phenoxy) is 1. The van der Waals surface area contributed by atoms with Crippen LogP contribution in [0.5, 0.6) is 0 Å². The Kier molecular flexibility index (Phi) is 8.75. The predicted molar refractivity (Wildman–Crippen MR) is 124 cm³/mol. The molecule has 1 N–H and O–H groups in total. The molecule has 1 saturated heterocycles. The number of aryl methyl sites for hydroxylation is 3. The number of rotatable bonds is 5. The molecule has 154 valence electrons. The van der Waals surface area contributed by atoms with E-state index in [0.29, 0.717) is 6.61 Å². The third kappa shape index (κ3) is 5.94. The SMILES string of the molecule is CCNC(=NCCc1cnn(C)c1)N1CCOC(c2ccc(C)cc2C)C1.I. The lowest BCUT2D eigenvalue weighted by molar-refractivity contribution is -0.00832. The number of nitrogens with zero attached hydrogens (tertiary/aromatic N) is 4. The number of aliphatic imine (C=N–C) groups is 1. The van der Waals surface area contributed by atoms with Gasteiger partial charge in [0.25, 0.3) is 0 Å². The Balaban J connectivity index is 0.00000280. The number of guanidine groups is 1. The molecule has 2 aromatic rings. The van der Waals surface area contributed by atoms with Crippen molar-refractivity contribution in [3.8, 4) is 0 Å². The minimum absolute atomic E-state index is 0. The lowest BCUT2D eigenvalue weighted by atomic mass is 10.00. The van der Waals surface area contributed by atoms with E-state index >= 15 is 0 Å². The van der Waals surface area contributed by atoms with E-state index in [-0.39, 0.29) is 30.1 Å². The first-order valence-electron chi connectivity index (χ1n) is 9.76. The molecule has 0 aliphatic carbocycles. The van der Waals surface area contributed by atoms with Crippen LogP contribution in [0.3, 0.4) is 0 Å². The van der Waals surface area contributed by atoms with Gasteiger partial charge in [-0.2, -0.15) is 5.10 Å². The van der Waals surface area contributed by atoms with Crippen LogP contribution in [0.2, 0.25) is 0 Å². The highest BCUT2D eigenvalue weighted by Gasteiger charge is 2.25. The number of halogens is 1. The molecule has 1 aromatic carbocycles. The third-order valence-corrected chi connectivity index (χ3v) is 4.89. The zero-order valence-corrected chi connectivity index (χ0v) is 19.6. The van der Waals surface area contributed by atoms with E-state index in [1.165, 1.54) is 22.3 Å². The van der Waals surface area contributed by atoms with Crippen molar-refractivity contribution < 1.29 is 4.74 Å². The molecule has 3 rings (SSSR count). The fraction of sp³-hybridized carbons (Fsp3) is 0.524. The molecule has 6 nitrogen and oxygen atoms in total. The zero-order valence-electron chi connectivity index (χ0n) is 17.3. The first-order chi connectivity index (χ1) is 13.1. The molecule has 7 heteroatoms. The fourth-order valence-electron chi connectivity index (χ4n) is 3.53. The van der Waals surface area contributed by atoms with Gasteiger partial charge in [-0.15, -0.1) is 24.0 Å². The van der Waals surface area contributed by atoms with Crippen molar-refractivity contribution >= 4 is 29.9 Å². The lowest BCUT2D eigenvalue weighted by Crippen LogP contribution is -2.48. The van der Waals surface area contributed by atoms with Crippen LogP contribution in [0.4, 0.5) is 0 Å². The first-order valence-corrected chi connectivity index (χ1v) is 9.76. The number of hydrogen-bond acceptors (Lipinski definition) is 3. The van der Waals surface area contributed by atoms with E-state index in [4.69, 9.17) is 9.73 Å². The summed E-state index contributed by atoms with van der Waals surface area (Å²) in [6.07, 6.45) is 4.94. The van der Waals surface area contributed by atoms with Crippen LogP contribution in [-0.4, -0.2) is 53.4 Å². The number of aromatic nitrogens is 2. The van der Waals surface area contributed by atoms with Gasteiger partial charge in [0, 0.05) is 32.9 Å². The van der Waals surface area contributed by atoms with Crippen molar-refractivity contribution in [2.24, 2.45) is 12.0 Å². The van der Waals surface area contributed by atoms with Gasteiger partial charge in [-0.25, -0.2) is 0 Å². The molecule has 1 aromatic heterocycles. The standard InChI is InChI=1S/C21H31N5O.HI/c1-5-22-21(23-9-8-18-13-24-25(4)14-18)26-10-11-27-20(15-26)19-7-6-16(2)12-17(19)3;/h6-7,12-14,20H,5,8-11,15H2,1-4H3,(H,22,23);1H.